The number of fused-ring (bicyclic) bond motifs is 7. The average molecular weight is 437 g/mol. The number of aliphatic hydroxyl groups excluding tert-OH is 1. The number of ketones is 2. The van der Waals surface area contributed by atoms with Crippen molar-refractivity contribution in [2.45, 2.75) is 85.7 Å². The van der Waals surface area contributed by atoms with Crippen molar-refractivity contribution < 1.29 is 19.8 Å². The van der Waals surface area contributed by atoms with E-state index < -0.39 is 5.60 Å². The first-order valence-corrected chi connectivity index (χ1v) is 12.1. The van der Waals surface area contributed by atoms with Gasteiger partial charge in [-0.05, 0) is 85.3 Å². The first kappa shape index (κ1) is 21.9. The van der Waals surface area contributed by atoms with E-state index in [1.54, 1.807) is 13.0 Å². The van der Waals surface area contributed by atoms with E-state index in [0.717, 1.165) is 36.8 Å². The summed E-state index contributed by atoms with van der Waals surface area (Å²) in [6.45, 7) is 12.8. The third-order valence-corrected chi connectivity index (χ3v) is 10.7. The molecule has 0 aromatic carbocycles. The fraction of sp³-hybridized carbons (Fsp3) is 0.643. The molecular formula is C28H36O4. The molecule has 0 spiro atoms. The molecule has 172 valence electrons. The fourth-order valence-corrected chi connectivity index (χ4v) is 8.32. The molecule has 0 aliphatic heterocycles. The van der Waals surface area contributed by atoms with Crippen molar-refractivity contribution in [3.05, 3.63) is 46.3 Å². The predicted molar refractivity (Wildman–Crippen MR) is 124 cm³/mol. The summed E-state index contributed by atoms with van der Waals surface area (Å²) in [5.74, 6) is -0.199. The van der Waals surface area contributed by atoms with Gasteiger partial charge in [-0.25, -0.2) is 0 Å². The van der Waals surface area contributed by atoms with Crippen molar-refractivity contribution in [3.63, 3.8) is 0 Å². The van der Waals surface area contributed by atoms with E-state index in [0.29, 0.717) is 18.4 Å². The van der Waals surface area contributed by atoms with E-state index >= 15 is 0 Å². The Bertz CT molecular complexity index is 1080. The molecule has 0 aromatic rings. The zero-order chi connectivity index (χ0) is 23.5. The lowest BCUT2D eigenvalue weighted by atomic mass is 9.35. The van der Waals surface area contributed by atoms with Gasteiger partial charge in [0.05, 0.1) is 0 Å². The quantitative estimate of drug-likeness (QED) is 0.523. The van der Waals surface area contributed by atoms with Crippen molar-refractivity contribution in [2.24, 2.45) is 27.6 Å². The lowest BCUT2D eigenvalue weighted by molar-refractivity contribution is -0.184. The van der Waals surface area contributed by atoms with Crippen molar-refractivity contribution in [1.82, 2.24) is 0 Å². The Kier molecular flexibility index (Phi) is 4.20. The molecule has 5 aliphatic carbocycles. The first-order chi connectivity index (χ1) is 14.7. The van der Waals surface area contributed by atoms with Crippen LogP contribution in [0.1, 0.15) is 80.1 Å². The van der Waals surface area contributed by atoms with Gasteiger partial charge in [0.1, 0.15) is 5.60 Å². The van der Waals surface area contributed by atoms with Crippen LogP contribution in [0, 0.1) is 27.6 Å². The molecule has 0 aromatic heterocycles. The molecule has 0 amide bonds. The van der Waals surface area contributed by atoms with Crippen LogP contribution in [0.3, 0.4) is 0 Å². The Hall–Kier alpha value is -1.94. The standard InChI is InChI=1S/C28H36O4/c1-16-17-7-8-20-25(3,18(17)13-19(29)23(16)31)10-12-27(5)21-14-28(6,32)22(30)15-24(21,2)9-11-26(20,27)4/h7-8,13,21,31-32H,9-12,14-15H2,1-6H3/t21-,24+,25+,26-,27+,28+/m0/s1. The summed E-state index contributed by atoms with van der Waals surface area (Å²) in [5.41, 5.74) is 2.33. The normalized spacial score (nSPS) is 48.1. The van der Waals surface area contributed by atoms with Gasteiger partial charge in [0, 0.05) is 17.4 Å². The minimum atomic E-state index is -1.25. The number of carbonyl (C=O) groups is 2. The van der Waals surface area contributed by atoms with Crippen LogP contribution in [0.5, 0.6) is 0 Å². The van der Waals surface area contributed by atoms with E-state index in [1.165, 1.54) is 5.57 Å². The van der Waals surface area contributed by atoms with Gasteiger partial charge < -0.3 is 10.2 Å². The first-order valence-electron chi connectivity index (χ1n) is 12.1. The molecule has 2 N–H and O–H groups in total. The molecule has 5 rings (SSSR count). The zero-order valence-corrected chi connectivity index (χ0v) is 20.3. The van der Waals surface area contributed by atoms with E-state index in [1.807, 2.05) is 6.92 Å². The summed E-state index contributed by atoms with van der Waals surface area (Å²) >= 11 is 0. The van der Waals surface area contributed by atoms with E-state index in [2.05, 4.69) is 39.8 Å². The highest BCUT2D eigenvalue weighted by Gasteiger charge is 2.67. The van der Waals surface area contributed by atoms with Crippen LogP contribution < -0.4 is 0 Å². The summed E-state index contributed by atoms with van der Waals surface area (Å²) in [5, 5.41) is 21.2. The monoisotopic (exact) mass is 436 g/mol. The Morgan fingerprint density at radius 1 is 0.969 bits per heavy atom. The van der Waals surface area contributed by atoms with E-state index in [9.17, 15) is 19.8 Å². The minimum Gasteiger partial charge on any atom is -0.504 e. The van der Waals surface area contributed by atoms with Gasteiger partial charge in [-0.3, -0.25) is 9.59 Å². The molecule has 4 heteroatoms. The molecular weight excluding hydrogens is 400 g/mol. The minimum absolute atomic E-state index is 0.0125. The van der Waals surface area contributed by atoms with Crippen molar-refractivity contribution in [1.29, 1.82) is 0 Å². The van der Waals surface area contributed by atoms with Gasteiger partial charge >= 0.3 is 0 Å². The molecule has 5 aliphatic rings. The molecule has 0 bridgehead atoms. The van der Waals surface area contributed by atoms with Crippen LogP contribution >= 0.6 is 0 Å². The summed E-state index contributed by atoms with van der Waals surface area (Å²) in [6, 6.07) is 0. The Balaban J connectivity index is 1.66. The highest BCUT2D eigenvalue weighted by atomic mass is 16.3. The topological polar surface area (TPSA) is 74.6 Å². The second-order valence-corrected chi connectivity index (χ2v) is 12.4. The molecule has 0 unspecified atom stereocenters. The molecule has 3 fully saturated rings. The summed E-state index contributed by atoms with van der Waals surface area (Å²) < 4.78 is 0. The lowest BCUT2D eigenvalue weighted by Gasteiger charge is -2.69. The van der Waals surface area contributed by atoms with Gasteiger partial charge in [-0.2, -0.15) is 0 Å². The maximum absolute atomic E-state index is 12.7. The zero-order valence-electron chi connectivity index (χ0n) is 20.3. The number of rotatable bonds is 0. The molecule has 0 heterocycles. The number of hydrogen-bond donors (Lipinski definition) is 2. The van der Waals surface area contributed by atoms with Crippen molar-refractivity contribution >= 4 is 11.6 Å². The van der Waals surface area contributed by atoms with Crippen LogP contribution in [0.4, 0.5) is 0 Å². The summed E-state index contributed by atoms with van der Waals surface area (Å²) in [4.78, 5) is 25.3. The van der Waals surface area contributed by atoms with Gasteiger partial charge in [0.15, 0.2) is 11.5 Å². The van der Waals surface area contributed by atoms with Gasteiger partial charge in [-0.15, -0.1) is 0 Å². The third-order valence-electron chi connectivity index (χ3n) is 10.7. The van der Waals surface area contributed by atoms with Gasteiger partial charge in [-0.1, -0.05) is 45.4 Å². The Labute approximate surface area is 191 Å². The van der Waals surface area contributed by atoms with Crippen LogP contribution in [-0.4, -0.2) is 27.4 Å². The van der Waals surface area contributed by atoms with Crippen LogP contribution in [0.2, 0.25) is 0 Å². The maximum Gasteiger partial charge on any atom is 0.220 e. The maximum atomic E-state index is 12.7. The molecule has 0 saturated heterocycles. The molecule has 0 radical (unpaired) electrons. The molecule has 3 saturated carbocycles. The number of aliphatic hydroxyl groups is 2. The highest BCUT2D eigenvalue weighted by Crippen LogP contribution is 2.74. The lowest BCUT2D eigenvalue weighted by Crippen LogP contribution is -2.64. The van der Waals surface area contributed by atoms with Gasteiger partial charge in [0.25, 0.3) is 0 Å². The second kappa shape index (κ2) is 6.14. The van der Waals surface area contributed by atoms with Crippen LogP contribution in [0.15, 0.2) is 46.3 Å². The van der Waals surface area contributed by atoms with Gasteiger partial charge in [0.2, 0.25) is 5.78 Å². The number of hydrogen-bond acceptors (Lipinski definition) is 4. The average Bonchev–Trinajstić information content (AvgIpc) is 2.71. The largest absolute Gasteiger partial charge is 0.504 e. The highest BCUT2D eigenvalue weighted by molar-refractivity contribution is 6.06. The molecule has 6 atom stereocenters. The summed E-state index contributed by atoms with van der Waals surface area (Å²) in [6.07, 6.45) is 10.8. The Morgan fingerprint density at radius 2 is 1.66 bits per heavy atom. The molecule has 4 nitrogen and oxygen atoms in total. The van der Waals surface area contributed by atoms with Crippen molar-refractivity contribution in [2.75, 3.05) is 0 Å². The Morgan fingerprint density at radius 3 is 2.34 bits per heavy atom. The fourth-order valence-electron chi connectivity index (χ4n) is 8.32. The van der Waals surface area contributed by atoms with E-state index in [-0.39, 0.29) is 44.9 Å². The van der Waals surface area contributed by atoms with Crippen molar-refractivity contribution in [3.8, 4) is 0 Å². The number of allylic oxidation sites excluding steroid dienone is 7. The molecule has 32 heavy (non-hydrogen) atoms. The third kappa shape index (κ3) is 2.42. The van der Waals surface area contributed by atoms with Crippen LogP contribution in [-0.2, 0) is 9.59 Å². The summed E-state index contributed by atoms with van der Waals surface area (Å²) in [7, 11) is 0. The van der Waals surface area contributed by atoms with E-state index in [4.69, 9.17) is 0 Å². The SMILES string of the molecule is CC1=C(O)C(=O)C=C2C1=CC=C1[C@]2(C)CC[C@]2(C)[C@H]3C[C@@](C)(O)C(=O)C[C@@]3(C)CC[C@@]12C. The predicted octanol–water partition coefficient (Wildman–Crippen LogP) is 5.54. The van der Waals surface area contributed by atoms with Crippen LogP contribution in [0.25, 0.3) is 0 Å². The number of Topliss-reactive ketones (excluding diaryl/α,β-unsaturated/α-hetero) is 1. The smallest absolute Gasteiger partial charge is 0.220 e. The number of carbonyl (C=O) groups excluding carboxylic acids is 2. The second-order valence-electron chi connectivity index (χ2n) is 12.4.